The van der Waals surface area contributed by atoms with Gasteiger partial charge < -0.3 is 9.47 Å². The van der Waals surface area contributed by atoms with E-state index < -0.39 is 0 Å². The molecular formula is C31H36N2O2. The van der Waals surface area contributed by atoms with Crippen LogP contribution in [0.2, 0.25) is 0 Å². The molecule has 0 saturated carbocycles. The third kappa shape index (κ3) is 5.37. The minimum absolute atomic E-state index is 0.171. The van der Waals surface area contributed by atoms with E-state index in [-0.39, 0.29) is 12.3 Å². The number of aryl methyl sites for hydroxylation is 1. The molecule has 0 aromatic heterocycles. The standard InChI is InChI=1S/C31H36N2O2/c1-3-4-5-6-7-10-21-34-26-19-17-25(18-20-26)31-33-29(27-11-8-9-12-30(27)35-31)22-28(32-33)24-15-13-23(2)14-16-24/h8-9,11-20,29,31H,3-7,10,21-22H2,1-2H3/t29-,31-/m1/s1. The number of benzene rings is 3. The zero-order chi connectivity index (χ0) is 24.0. The second-order valence-electron chi connectivity index (χ2n) is 9.71. The topological polar surface area (TPSA) is 34.1 Å². The van der Waals surface area contributed by atoms with Crippen LogP contribution in [0.4, 0.5) is 0 Å². The summed E-state index contributed by atoms with van der Waals surface area (Å²) < 4.78 is 12.5. The third-order valence-electron chi connectivity index (χ3n) is 7.02. The van der Waals surface area contributed by atoms with E-state index in [1.165, 1.54) is 48.8 Å². The number of nitrogens with zero attached hydrogens (tertiary/aromatic N) is 2. The summed E-state index contributed by atoms with van der Waals surface area (Å²) in [5.74, 6) is 1.86. The minimum Gasteiger partial charge on any atom is -0.494 e. The summed E-state index contributed by atoms with van der Waals surface area (Å²) in [6, 6.07) is 25.5. The lowest BCUT2D eigenvalue weighted by Crippen LogP contribution is -2.33. The molecule has 2 aliphatic heterocycles. The van der Waals surface area contributed by atoms with Crippen molar-refractivity contribution in [3.05, 3.63) is 95.1 Å². The Labute approximate surface area is 209 Å². The summed E-state index contributed by atoms with van der Waals surface area (Å²) in [6.45, 7) is 5.14. The van der Waals surface area contributed by atoms with Crippen molar-refractivity contribution in [1.29, 1.82) is 0 Å². The van der Waals surface area contributed by atoms with Gasteiger partial charge in [0.25, 0.3) is 0 Å². The van der Waals surface area contributed by atoms with Gasteiger partial charge in [0.05, 0.1) is 18.4 Å². The van der Waals surface area contributed by atoms with Crippen molar-refractivity contribution < 1.29 is 9.47 Å². The predicted molar refractivity (Wildman–Crippen MR) is 142 cm³/mol. The van der Waals surface area contributed by atoms with Crippen molar-refractivity contribution in [1.82, 2.24) is 5.01 Å². The first-order valence-corrected chi connectivity index (χ1v) is 13.1. The molecule has 0 aliphatic carbocycles. The van der Waals surface area contributed by atoms with Crippen LogP contribution >= 0.6 is 0 Å². The summed E-state index contributed by atoms with van der Waals surface area (Å²) in [4.78, 5) is 0. The number of ether oxygens (including phenoxy) is 2. The van der Waals surface area contributed by atoms with Gasteiger partial charge in [-0.3, -0.25) is 0 Å². The first-order valence-electron chi connectivity index (χ1n) is 13.1. The fraction of sp³-hybridized carbons (Fsp3) is 0.387. The molecule has 2 atom stereocenters. The van der Waals surface area contributed by atoms with Gasteiger partial charge in [0.15, 0.2) is 0 Å². The molecule has 35 heavy (non-hydrogen) atoms. The summed E-state index contributed by atoms with van der Waals surface area (Å²) >= 11 is 0. The molecule has 0 spiro atoms. The van der Waals surface area contributed by atoms with Gasteiger partial charge in [0.1, 0.15) is 11.5 Å². The van der Waals surface area contributed by atoms with E-state index in [0.29, 0.717) is 0 Å². The lowest BCUT2D eigenvalue weighted by molar-refractivity contribution is -0.0190. The number of para-hydroxylation sites is 1. The van der Waals surface area contributed by atoms with Crippen molar-refractivity contribution in [2.24, 2.45) is 5.10 Å². The molecule has 0 fully saturated rings. The van der Waals surface area contributed by atoms with Crippen LogP contribution in [0, 0.1) is 6.92 Å². The Hall–Kier alpha value is -3.27. The monoisotopic (exact) mass is 468 g/mol. The molecule has 2 aliphatic rings. The van der Waals surface area contributed by atoms with Crippen LogP contribution in [-0.2, 0) is 0 Å². The molecule has 3 aromatic carbocycles. The van der Waals surface area contributed by atoms with Gasteiger partial charge in [-0.05, 0) is 49.2 Å². The van der Waals surface area contributed by atoms with Gasteiger partial charge in [0.2, 0.25) is 6.23 Å². The molecule has 2 heterocycles. The van der Waals surface area contributed by atoms with Crippen LogP contribution < -0.4 is 9.47 Å². The number of fused-ring (bicyclic) bond motifs is 3. The summed E-state index contributed by atoms with van der Waals surface area (Å²) in [6.07, 6.45) is 8.23. The maximum atomic E-state index is 6.50. The summed E-state index contributed by atoms with van der Waals surface area (Å²) in [7, 11) is 0. The van der Waals surface area contributed by atoms with Crippen molar-refractivity contribution >= 4 is 5.71 Å². The highest BCUT2D eigenvalue weighted by Crippen LogP contribution is 2.47. The van der Waals surface area contributed by atoms with Gasteiger partial charge in [-0.2, -0.15) is 5.10 Å². The van der Waals surface area contributed by atoms with Gasteiger partial charge in [-0.1, -0.05) is 87.1 Å². The van der Waals surface area contributed by atoms with Crippen LogP contribution in [0.25, 0.3) is 0 Å². The Morgan fingerprint density at radius 1 is 0.886 bits per heavy atom. The summed E-state index contributed by atoms with van der Waals surface area (Å²) in [5.41, 5.74) is 5.84. The quantitative estimate of drug-likeness (QED) is 0.283. The van der Waals surface area contributed by atoms with Crippen molar-refractivity contribution in [2.45, 2.75) is 71.1 Å². The van der Waals surface area contributed by atoms with Gasteiger partial charge in [-0.15, -0.1) is 0 Å². The van der Waals surface area contributed by atoms with Crippen molar-refractivity contribution in [2.75, 3.05) is 6.61 Å². The van der Waals surface area contributed by atoms with E-state index in [1.54, 1.807) is 0 Å². The van der Waals surface area contributed by atoms with E-state index in [9.17, 15) is 0 Å². The maximum Gasteiger partial charge on any atom is 0.213 e. The largest absolute Gasteiger partial charge is 0.494 e. The summed E-state index contributed by atoms with van der Waals surface area (Å²) in [5, 5.41) is 7.22. The van der Waals surface area contributed by atoms with Crippen LogP contribution in [-0.4, -0.2) is 17.3 Å². The van der Waals surface area contributed by atoms with Gasteiger partial charge >= 0.3 is 0 Å². The van der Waals surface area contributed by atoms with E-state index in [2.05, 4.69) is 85.6 Å². The Morgan fingerprint density at radius 2 is 1.63 bits per heavy atom. The normalized spacial score (nSPS) is 18.5. The van der Waals surface area contributed by atoms with Gasteiger partial charge in [-0.25, -0.2) is 5.01 Å². The molecular weight excluding hydrogens is 432 g/mol. The van der Waals surface area contributed by atoms with E-state index in [1.807, 2.05) is 6.07 Å². The average molecular weight is 469 g/mol. The molecule has 4 heteroatoms. The smallest absolute Gasteiger partial charge is 0.213 e. The molecule has 0 amide bonds. The number of unbranched alkanes of at least 4 members (excludes halogenated alkanes) is 5. The Balaban J connectivity index is 1.30. The van der Waals surface area contributed by atoms with Crippen LogP contribution in [0.15, 0.2) is 77.9 Å². The fourth-order valence-electron chi connectivity index (χ4n) is 4.98. The van der Waals surface area contributed by atoms with Crippen LogP contribution in [0.5, 0.6) is 11.5 Å². The number of hydrogen-bond acceptors (Lipinski definition) is 4. The second-order valence-corrected chi connectivity index (χ2v) is 9.71. The zero-order valence-corrected chi connectivity index (χ0v) is 21.0. The molecule has 0 N–H and O–H groups in total. The highest BCUT2D eigenvalue weighted by atomic mass is 16.5. The predicted octanol–water partition coefficient (Wildman–Crippen LogP) is 7.98. The zero-order valence-electron chi connectivity index (χ0n) is 21.0. The van der Waals surface area contributed by atoms with Crippen LogP contribution in [0.1, 0.15) is 86.4 Å². The van der Waals surface area contributed by atoms with E-state index in [0.717, 1.165) is 42.2 Å². The molecule has 3 aromatic rings. The molecule has 182 valence electrons. The van der Waals surface area contributed by atoms with Gasteiger partial charge in [0, 0.05) is 17.5 Å². The lowest BCUT2D eigenvalue weighted by Gasteiger charge is -2.38. The third-order valence-corrected chi connectivity index (χ3v) is 7.02. The Kier molecular flexibility index (Phi) is 7.37. The van der Waals surface area contributed by atoms with Crippen LogP contribution in [0.3, 0.4) is 0 Å². The first kappa shape index (κ1) is 23.5. The molecule has 0 unspecified atom stereocenters. The highest BCUT2D eigenvalue weighted by molar-refractivity contribution is 6.02. The highest BCUT2D eigenvalue weighted by Gasteiger charge is 2.40. The number of hydrogen-bond donors (Lipinski definition) is 0. The SMILES string of the molecule is CCCCCCCCOc1ccc([C@H]2Oc3ccccc3[C@H]3CC(c4ccc(C)cc4)=NN32)cc1. The maximum absolute atomic E-state index is 6.50. The molecule has 0 radical (unpaired) electrons. The number of rotatable bonds is 10. The molecule has 0 saturated heterocycles. The van der Waals surface area contributed by atoms with E-state index in [4.69, 9.17) is 14.6 Å². The van der Waals surface area contributed by atoms with E-state index >= 15 is 0 Å². The van der Waals surface area contributed by atoms with Crippen molar-refractivity contribution in [3.8, 4) is 11.5 Å². The van der Waals surface area contributed by atoms with Crippen molar-refractivity contribution in [3.63, 3.8) is 0 Å². The number of hydrazone groups is 1. The molecule has 5 rings (SSSR count). The average Bonchev–Trinajstić information content (AvgIpc) is 3.34. The fourth-order valence-corrected chi connectivity index (χ4v) is 4.98. The molecule has 4 nitrogen and oxygen atoms in total. The first-order chi connectivity index (χ1) is 17.2. The minimum atomic E-state index is -0.259. The second kappa shape index (κ2) is 11.0. The Bertz CT molecular complexity index is 1140. The molecule has 0 bridgehead atoms. The lowest BCUT2D eigenvalue weighted by atomic mass is 9.95. The Morgan fingerprint density at radius 3 is 2.43 bits per heavy atom.